The molecule has 4 nitrogen and oxygen atoms in total. The van der Waals surface area contributed by atoms with Crippen LogP contribution in [0.1, 0.15) is 37.1 Å². The normalized spacial score (nSPS) is 14.5. The van der Waals surface area contributed by atoms with E-state index in [2.05, 4.69) is 29.4 Å². The van der Waals surface area contributed by atoms with E-state index in [-0.39, 0.29) is 12.1 Å². The zero-order chi connectivity index (χ0) is 12.3. The lowest BCUT2D eigenvalue weighted by Crippen LogP contribution is -2.22. The molecule has 0 amide bonds. The Balaban J connectivity index is 2.04. The van der Waals surface area contributed by atoms with Crippen LogP contribution in [-0.4, -0.2) is 15.3 Å². The number of phenols is 1. The van der Waals surface area contributed by atoms with Crippen LogP contribution in [0.5, 0.6) is 5.75 Å². The standard InChI is InChI=1S/C13H17N3O/c1-9(11-4-3-5-13(17)6-11)16-10(2)12-7-14-15-8-12/h3-10,16-17H,1-2H3,(H,14,15). The van der Waals surface area contributed by atoms with E-state index in [1.165, 1.54) is 0 Å². The highest BCUT2D eigenvalue weighted by atomic mass is 16.3. The summed E-state index contributed by atoms with van der Waals surface area (Å²) < 4.78 is 0. The molecule has 3 N–H and O–H groups in total. The molecule has 0 bridgehead atoms. The number of hydrogen-bond acceptors (Lipinski definition) is 3. The molecule has 0 fully saturated rings. The maximum atomic E-state index is 9.44. The molecule has 0 saturated carbocycles. The first kappa shape index (κ1) is 11.7. The SMILES string of the molecule is CC(NC(C)c1cccc(O)c1)c1cn[nH]c1. The number of hydrogen-bond donors (Lipinski definition) is 3. The number of aromatic nitrogens is 2. The fraction of sp³-hybridized carbons (Fsp3) is 0.308. The van der Waals surface area contributed by atoms with Crippen molar-refractivity contribution in [3.63, 3.8) is 0 Å². The maximum Gasteiger partial charge on any atom is 0.115 e. The van der Waals surface area contributed by atoms with E-state index < -0.39 is 0 Å². The number of nitrogens with one attached hydrogen (secondary N) is 2. The number of rotatable bonds is 4. The second kappa shape index (κ2) is 5.01. The molecule has 0 aliphatic rings. The Kier molecular flexibility index (Phi) is 3.44. The van der Waals surface area contributed by atoms with Crippen molar-refractivity contribution in [2.24, 2.45) is 0 Å². The summed E-state index contributed by atoms with van der Waals surface area (Å²) in [6, 6.07) is 7.69. The Morgan fingerprint density at radius 1 is 1.24 bits per heavy atom. The van der Waals surface area contributed by atoms with Gasteiger partial charge in [-0.2, -0.15) is 5.10 Å². The van der Waals surface area contributed by atoms with Gasteiger partial charge in [0.25, 0.3) is 0 Å². The van der Waals surface area contributed by atoms with Crippen molar-refractivity contribution < 1.29 is 5.11 Å². The van der Waals surface area contributed by atoms with Crippen molar-refractivity contribution in [1.82, 2.24) is 15.5 Å². The third kappa shape index (κ3) is 2.85. The lowest BCUT2D eigenvalue weighted by molar-refractivity contribution is 0.466. The van der Waals surface area contributed by atoms with Gasteiger partial charge >= 0.3 is 0 Å². The van der Waals surface area contributed by atoms with Gasteiger partial charge in [0.1, 0.15) is 5.75 Å². The number of H-pyrrole nitrogens is 1. The van der Waals surface area contributed by atoms with Crippen LogP contribution in [0.2, 0.25) is 0 Å². The average molecular weight is 231 g/mol. The summed E-state index contributed by atoms with van der Waals surface area (Å²) in [5.41, 5.74) is 2.19. The molecule has 0 spiro atoms. The van der Waals surface area contributed by atoms with Crippen LogP contribution in [0.3, 0.4) is 0 Å². The van der Waals surface area contributed by atoms with Gasteiger partial charge in [-0.25, -0.2) is 0 Å². The Bertz CT molecular complexity index is 467. The minimum absolute atomic E-state index is 0.173. The van der Waals surface area contributed by atoms with Crippen molar-refractivity contribution in [2.45, 2.75) is 25.9 Å². The second-order valence-corrected chi connectivity index (χ2v) is 4.24. The number of phenolic OH excluding ortho intramolecular Hbond substituents is 1. The first-order valence-electron chi connectivity index (χ1n) is 5.70. The van der Waals surface area contributed by atoms with Crippen molar-refractivity contribution >= 4 is 0 Å². The Morgan fingerprint density at radius 3 is 2.65 bits per heavy atom. The predicted molar refractivity (Wildman–Crippen MR) is 66.7 cm³/mol. The van der Waals surface area contributed by atoms with E-state index in [1.54, 1.807) is 12.1 Å². The molecule has 90 valence electrons. The van der Waals surface area contributed by atoms with Crippen molar-refractivity contribution in [3.05, 3.63) is 47.8 Å². The highest BCUT2D eigenvalue weighted by Crippen LogP contribution is 2.21. The van der Waals surface area contributed by atoms with Crippen molar-refractivity contribution in [1.29, 1.82) is 0 Å². The highest BCUT2D eigenvalue weighted by Gasteiger charge is 2.11. The van der Waals surface area contributed by atoms with Gasteiger partial charge in [-0.15, -0.1) is 0 Å². The fourth-order valence-corrected chi connectivity index (χ4v) is 1.86. The van der Waals surface area contributed by atoms with E-state index in [0.29, 0.717) is 5.75 Å². The molecule has 0 saturated heterocycles. The summed E-state index contributed by atoms with van der Waals surface area (Å²) in [5.74, 6) is 0.298. The number of nitrogens with zero attached hydrogens (tertiary/aromatic N) is 1. The van der Waals surface area contributed by atoms with Gasteiger partial charge in [-0.3, -0.25) is 5.10 Å². The molecule has 2 aromatic rings. The van der Waals surface area contributed by atoms with E-state index >= 15 is 0 Å². The summed E-state index contributed by atoms with van der Waals surface area (Å²) in [7, 11) is 0. The molecule has 1 aromatic heterocycles. The molecule has 0 aliphatic heterocycles. The van der Waals surface area contributed by atoms with Crippen LogP contribution in [0.25, 0.3) is 0 Å². The zero-order valence-electron chi connectivity index (χ0n) is 10.0. The van der Waals surface area contributed by atoms with E-state index in [0.717, 1.165) is 11.1 Å². The molecule has 4 heteroatoms. The largest absolute Gasteiger partial charge is 0.508 e. The molecule has 17 heavy (non-hydrogen) atoms. The summed E-state index contributed by atoms with van der Waals surface area (Å²) in [6.45, 7) is 4.16. The van der Waals surface area contributed by atoms with Gasteiger partial charge in [-0.05, 0) is 31.5 Å². The Morgan fingerprint density at radius 2 is 2.00 bits per heavy atom. The molecule has 0 radical (unpaired) electrons. The van der Waals surface area contributed by atoms with Crippen LogP contribution in [-0.2, 0) is 0 Å². The third-order valence-electron chi connectivity index (χ3n) is 2.89. The van der Waals surface area contributed by atoms with Gasteiger partial charge in [-0.1, -0.05) is 12.1 Å². The van der Waals surface area contributed by atoms with Gasteiger partial charge in [0.2, 0.25) is 0 Å². The van der Waals surface area contributed by atoms with Gasteiger partial charge in [0, 0.05) is 23.8 Å². The third-order valence-corrected chi connectivity index (χ3v) is 2.89. The molecular formula is C13H17N3O. The second-order valence-electron chi connectivity index (χ2n) is 4.24. The first-order valence-corrected chi connectivity index (χ1v) is 5.70. The summed E-state index contributed by atoms with van der Waals surface area (Å²) in [4.78, 5) is 0. The number of benzene rings is 1. The van der Waals surface area contributed by atoms with Crippen LogP contribution >= 0.6 is 0 Å². The lowest BCUT2D eigenvalue weighted by Gasteiger charge is -2.19. The fourth-order valence-electron chi connectivity index (χ4n) is 1.86. The Labute approximate surface area is 101 Å². The van der Waals surface area contributed by atoms with Crippen LogP contribution < -0.4 is 5.32 Å². The summed E-state index contributed by atoms with van der Waals surface area (Å²) in [5, 5.41) is 19.6. The van der Waals surface area contributed by atoms with Gasteiger partial charge in [0.15, 0.2) is 0 Å². The lowest BCUT2D eigenvalue weighted by atomic mass is 10.1. The molecular weight excluding hydrogens is 214 g/mol. The topological polar surface area (TPSA) is 60.9 Å². The maximum absolute atomic E-state index is 9.44. The highest BCUT2D eigenvalue weighted by molar-refractivity contribution is 5.29. The molecule has 2 atom stereocenters. The van der Waals surface area contributed by atoms with E-state index in [1.807, 2.05) is 24.5 Å². The quantitative estimate of drug-likeness (QED) is 0.757. The monoisotopic (exact) mass is 231 g/mol. The predicted octanol–water partition coefficient (Wildman–Crippen LogP) is 2.53. The minimum atomic E-state index is 0.173. The summed E-state index contributed by atoms with van der Waals surface area (Å²) >= 11 is 0. The first-order chi connectivity index (χ1) is 8.16. The molecule has 1 aromatic carbocycles. The van der Waals surface area contributed by atoms with Gasteiger partial charge in [0.05, 0.1) is 6.20 Å². The molecule has 2 unspecified atom stereocenters. The molecule has 2 rings (SSSR count). The van der Waals surface area contributed by atoms with E-state index in [4.69, 9.17) is 0 Å². The van der Waals surface area contributed by atoms with Crippen LogP contribution in [0.4, 0.5) is 0 Å². The smallest absolute Gasteiger partial charge is 0.115 e. The Hall–Kier alpha value is -1.81. The zero-order valence-corrected chi connectivity index (χ0v) is 10.0. The molecule has 0 aliphatic carbocycles. The average Bonchev–Trinajstić information content (AvgIpc) is 2.82. The number of aromatic hydroxyl groups is 1. The van der Waals surface area contributed by atoms with Crippen molar-refractivity contribution in [3.8, 4) is 5.75 Å². The minimum Gasteiger partial charge on any atom is -0.508 e. The van der Waals surface area contributed by atoms with Crippen molar-refractivity contribution in [2.75, 3.05) is 0 Å². The van der Waals surface area contributed by atoms with E-state index in [9.17, 15) is 5.11 Å². The molecule has 1 heterocycles. The van der Waals surface area contributed by atoms with Gasteiger partial charge < -0.3 is 10.4 Å². The van der Waals surface area contributed by atoms with Crippen LogP contribution in [0, 0.1) is 0 Å². The van der Waals surface area contributed by atoms with Crippen LogP contribution in [0.15, 0.2) is 36.7 Å². The number of aromatic amines is 1. The summed E-state index contributed by atoms with van der Waals surface area (Å²) in [6.07, 6.45) is 3.69.